The molecule has 0 aromatic rings. The molecule has 18 heavy (non-hydrogen) atoms. The quantitative estimate of drug-likeness (QED) is 0.593. The molecule has 0 aliphatic carbocycles. The Balaban J connectivity index is 5.84. The molecular weight excluding hydrogens is 250 g/mol. The Hall–Kier alpha value is 0.394. The van der Waals surface area contributed by atoms with Crippen LogP contribution in [0.4, 0.5) is 0 Å². The average molecular weight is 287 g/mol. The summed E-state index contributed by atoms with van der Waals surface area (Å²) in [5.74, 6) is 0. The molecular formula is C15H36NSi2. The largest absolute Gasteiger partial charge is 0.330 e. The van der Waals surface area contributed by atoms with Crippen LogP contribution in [0.2, 0.25) is 36.3 Å². The fourth-order valence-corrected chi connectivity index (χ4v) is 20.0. The van der Waals surface area contributed by atoms with Gasteiger partial charge in [0.05, 0.1) is 16.1 Å². The maximum atomic E-state index is 7.18. The summed E-state index contributed by atoms with van der Waals surface area (Å²) >= 11 is 0. The van der Waals surface area contributed by atoms with E-state index in [4.69, 9.17) is 5.73 Å². The molecule has 0 aliphatic rings. The molecule has 1 radical (unpaired) electrons. The van der Waals surface area contributed by atoms with Crippen LogP contribution in [0.1, 0.15) is 48.0 Å². The van der Waals surface area contributed by atoms with E-state index in [-0.39, 0.29) is 4.79 Å². The Morgan fingerprint density at radius 1 is 0.722 bits per heavy atom. The molecule has 0 fully saturated rings. The van der Waals surface area contributed by atoms with E-state index in [1.54, 1.807) is 0 Å². The Morgan fingerprint density at radius 2 is 0.944 bits per heavy atom. The maximum absolute atomic E-state index is 7.18. The van der Waals surface area contributed by atoms with Gasteiger partial charge in [0.25, 0.3) is 0 Å². The summed E-state index contributed by atoms with van der Waals surface area (Å²) in [5, 5.41) is 0. The van der Waals surface area contributed by atoms with Crippen molar-refractivity contribution in [3.63, 3.8) is 0 Å². The van der Waals surface area contributed by atoms with Crippen LogP contribution in [0.5, 0.6) is 0 Å². The summed E-state index contributed by atoms with van der Waals surface area (Å²) in [7, 11) is -2.78. The zero-order valence-corrected chi connectivity index (χ0v) is 15.7. The SMILES string of the molecule is [CH2]CC(N)([Si](CC)(CC)CC)[Si](CC)(CC)CC. The summed E-state index contributed by atoms with van der Waals surface area (Å²) in [6.07, 6.45) is 0.969. The van der Waals surface area contributed by atoms with Gasteiger partial charge < -0.3 is 5.73 Å². The lowest BCUT2D eigenvalue weighted by molar-refractivity contribution is 0.704. The second-order valence-corrected chi connectivity index (χ2v) is 17.6. The van der Waals surface area contributed by atoms with E-state index in [0.717, 1.165) is 6.42 Å². The highest BCUT2D eigenvalue weighted by atomic mass is 28.4. The zero-order valence-electron chi connectivity index (χ0n) is 13.7. The second kappa shape index (κ2) is 7.25. The first-order chi connectivity index (χ1) is 8.42. The van der Waals surface area contributed by atoms with Crippen LogP contribution in [0.15, 0.2) is 0 Å². The first-order valence-corrected chi connectivity index (χ1v) is 13.2. The van der Waals surface area contributed by atoms with Crippen LogP contribution < -0.4 is 5.73 Å². The molecule has 3 heteroatoms. The van der Waals surface area contributed by atoms with Crippen molar-refractivity contribution in [3.05, 3.63) is 6.92 Å². The normalized spacial score (nSPS) is 14.0. The standard InChI is InChI=1S/C15H36NSi2/c1-8-15(16,17(9-2,10-3)11-4)18(12-5,13-6)14-7/h1,8-14,16H2,2-7H3. The van der Waals surface area contributed by atoms with Gasteiger partial charge in [-0.05, 0) is 6.42 Å². The van der Waals surface area contributed by atoms with E-state index in [1.165, 1.54) is 36.3 Å². The van der Waals surface area contributed by atoms with Gasteiger partial charge >= 0.3 is 0 Å². The van der Waals surface area contributed by atoms with Crippen LogP contribution in [-0.2, 0) is 0 Å². The lowest BCUT2D eigenvalue weighted by Gasteiger charge is -2.56. The second-order valence-electron chi connectivity index (χ2n) is 5.90. The molecule has 0 aromatic carbocycles. The third-order valence-corrected chi connectivity index (χ3v) is 21.9. The van der Waals surface area contributed by atoms with Gasteiger partial charge in [0.15, 0.2) is 0 Å². The van der Waals surface area contributed by atoms with E-state index in [9.17, 15) is 0 Å². The number of nitrogens with two attached hydrogens (primary N) is 1. The minimum atomic E-state index is -1.39. The van der Waals surface area contributed by atoms with Crippen molar-refractivity contribution in [2.75, 3.05) is 0 Å². The van der Waals surface area contributed by atoms with Gasteiger partial charge in [-0.25, -0.2) is 0 Å². The molecule has 0 rings (SSSR count). The number of hydrogen-bond acceptors (Lipinski definition) is 1. The third-order valence-electron chi connectivity index (χ3n) is 6.35. The van der Waals surface area contributed by atoms with Gasteiger partial charge in [-0.15, -0.1) is 0 Å². The summed E-state index contributed by atoms with van der Waals surface area (Å²) in [5.41, 5.74) is 7.18. The number of rotatable bonds is 9. The minimum Gasteiger partial charge on any atom is -0.330 e. The van der Waals surface area contributed by atoms with Crippen molar-refractivity contribution in [1.29, 1.82) is 0 Å². The van der Waals surface area contributed by atoms with Crippen molar-refractivity contribution in [3.8, 4) is 0 Å². The zero-order chi connectivity index (χ0) is 14.4. The van der Waals surface area contributed by atoms with Gasteiger partial charge in [-0.2, -0.15) is 0 Å². The van der Waals surface area contributed by atoms with Crippen molar-refractivity contribution >= 4 is 16.1 Å². The van der Waals surface area contributed by atoms with Gasteiger partial charge in [-0.3, -0.25) is 0 Å². The lowest BCUT2D eigenvalue weighted by Crippen LogP contribution is -2.77. The summed E-state index contributed by atoms with van der Waals surface area (Å²) in [6.45, 7) is 18.6. The Kier molecular flexibility index (Phi) is 7.41. The fourth-order valence-electron chi connectivity index (χ4n) is 4.49. The number of hydrogen-bond donors (Lipinski definition) is 1. The van der Waals surface area contributed by atoms with Crippen LogP contribution in [-0.4, -0.2) is 20.9 Å². The van der Waals surface area contributed by atoms with E-state index in [1.807, 2.05) is 0 Å². The first kappa shape index (κ1) is 18.4. The minimum absolute atomic E-state index is 0.135. The highest BCUT2D eigenvalue weighted by molar-refractivity contribution is 7.01. The van der Waals surface area contributed by atoms with E-state index in [2.05, 4.69) is 48.5 Å². The molecule has 0 aromatic heterocycles. The molecule has 0 spiro atoms. The predicted molar refractivity (Wildman–Crippen MR) is 91.3 cm³/mol. The molecule has 1 nitrogen and oxygen atoms in total. The highest BCUT2D eigenvalue weighted by Crippen LogP contribution is 2.43. The van der Waals surface area contributed by atoms with Crippen LogP contribution in [0.3, 0.4) is 0 Å². The fraction of sp³-hybridized carbons (Fsp3) is 0.933. The predicted octanol–water partition coefficient (Wildman–Crippen LogP) is 5.00. The molecule has 0 unspecified atom stereocenters. The van der Waals surface area contributed by atoms with Crippen LogP contribution in [0, 0.1) is 6.92 Å². The third kappa shape index (κ3) is 2.50. The lowest BCUT2D eigenvalue weighted by atomic mass is 10.5. The molecule has 109 valence electrons. The van der Waals surface area contributed by atoms with Crippen molar-refractivity contribution in [2.45, 2.75) is 89.0 Å². The Morgan fingerprint density at radius 3 is 1.06 bits per heavy atom. The molecule has 0 atom stereocenters. The van der Waals surface area contributed by atoms with Gasteiger partial charge in [0.1, 0.15) is 0 Å². The topological polar surface area (TPSA) is 26.0 Å². The first-order valence-electron chi connectivity index (χ1n) is 8.01. The smallest absolute Gasteiger partial charge is 0.0718 e. The molecule has 0 heterocycles. The van der Waals surface area contributed by atoms with Gasteiger partial charge in [0, 0.05) is 4.79 Å². The van der Waals surface area contributed by atoms with E-state index >= 15 is 0 Å². The van der Waals surface area contributed by atoms with Gasteiger partial charge in [-0.1, -0.05) is 84.7 Å². The monoisotopic (exact) mass is 286 g/mol. The van der Waals surface area contributed by atoms with Crippen LogP contribution in [0.25, 0.3) is 0 Å². The van der Waals surface area contributed by atoms with Gasteiger partial charge in [0.2, 0.25) is 0 Å². The van der Waals surface area contributed by atoms with E-state index < -0.39 is 16.1 Å². The van der Waals surface area contributed by atoms with Crippen molar-refractivity contribution in [1.82, 2.24) is 0 Å². The molecule has 2 N–H and O–H groups in total. The molecule has 0 amide bonds. The van der Waals surface area contributed by atoms with E-state index in [0.29, 0.717) is 0 Å². The van der Waals surface area contributed by atoms with Crippen LogP contribution >= 0.6 is 0 Å². The maximum Gasteiger partial charge on any atom is 0.0718 e. The molecule has 0 bridgehead atoms. The Labute approximate surface area is 118 Å². The summed E-state index contributed by atoms with van der Waals surface area (Å²) in [6, 6.07) is 8.00. The summed E-state index contributed by atoms with van der Waals surface area (Å²) in [4.78, 5) is 0.135. The van der Waals surface area contributed by atoms with Crippen molar-refractivity contribution < 1.29 is 0 Å². The average Bonchev–Trinajstić information content (AvgIpc) is 2.43. The Bertz CT molecular complexity index is 196. The molecule has 0 aliphatic heterocycles. The van der Waals surface area contributed by atoms with Crippen molar-refractivity contribution in [2.24, 2.45) is 5.73 Å². The molecule has 0 saturated heterocycles. The molecule has 0 saturated carbocycles. The summed E-state index contributed by atoms with van der Waals surface area (Å²) < 4.78 is 0. The highest BCUT2D eigenvalue weighted by Gasteiger charge is 2.56.